The van der Waals surface area contributed by atoms with Crippen LogP contribution in [0.1, 0.15) is 66.3 Å². The number of pyridine rings is 1. The highest BCUT2D eigenvalue weighted by molar-refractivity contribution is 6.04. The SMILES string of the molecule is CC(=O)N1N=C(c2cc3c(nc2C)CC2OC3(C)Oc3ccccc32)CC1c1ccco1. The van der Waals surface area contributed by atoms with E-state index < -0.39 is 5.79 Å². The summed E-state index contributed by atoms with van der Waals surface area (Å²) >= 11 is 0. The van der Waals surface area contributed by atoms with E-state index in [1.807, 2.05) is 50.2 Å². The van der Waals surface area contributed by atoms with Crippen molar-refractivity contribution in [1.82, 2.24) is 9.99 Å². The molecule has 3 unspecified atom stereocenters. The van der Waals surface area contributed by atoms with Gasteiger partial charge in [-0.2, -0.15) is 5.10 Å². The van der Waals surface area contributed by atoms with Crippen LogP contribution in [0.5, 0.6) is 5.75 Å². The number of nitrogens with zero attached hydrogens (tertiary/aromatic N) is 3. The molecule has 2 aromatic heterocycles. The molecule has 0 saturated heterocycles. The van der Waals surface area contributed by atoms with Gasteiger partial charge < -0.3 is 13.9 Å². The lowest BCUT2D eigenvalue weighted by molar-refractivity contribution is -0.236. The third kappa shape index (κ3) is 2.81. The predicted octanol–water partition coefficient (Wildman–Crippen LogP) is 4.56. The van der Waals surface area contributed by atoms with E-state index in [4.69, 9.17) is 18.9 Å². The fraction of sp³-hybridized carbons (Fsp3) is 0.320. The Hall–Kier alpha value is -3.45. The van der Waals surface area contributed by atoms with E-state index in [0.717, 1.165) is 39.5 Å². The minimum Gasteiger partial charge on any atom is -0.467 e. The van der Waals surface area contributed by atoms with Gasteiger partial charge in [-0.25, -0.2) is 5.01 Å². The molecule has 0 saturated carbocycles. The van der Waals surface area contributed by atoms with Crippen LogP contribution in [0.25, 0.3) is 0 Å². The molecule has 7 nitrogen and oxygen atoms in total. The molecule has 0 radical (unpaired) electrons. The summed E-state index contributed by atoms with van der Waals surface area (Å²) in [7, 11) is 0. The number of carbonyl (C=O) groups is 1. The molecule has 0 fully saturated rings. The minimum atomic E-state index is -0.929. The van der Waals surface area contributed by atoms with Gasteiger partial charge in [0.05, 0.1) is 23.8 Å². The van der Waals surface area contributed by atoms with Gasteiger partial charge in [-0.05, 0) is 31.2 Å². The maximum absolute atomic E-state index is 12.3. The number of hydrogen-bond donors (Lipinski definition) is 0. The first kappa shape index (κ1) is 19.3. The molecule has 3 aliphatic rings. The molecule has 3 atom stereocenters. The topological polar surface area (TPSA) is 77.2 Å². The van der Waals surface area contributed by atoms with Crippen molar-refractivity contribution < 1.29 is 18.7 Å². The second-order valence-corrected chi connectivity index (χ2v) is 8.66. The molecule has 0 spiro atoms. The van der Waals surface area contributed by atoms with Crippen molar-refractivity contribution in [2.45, 2.75) is 51.5 Å². The van der Waals surface area contributed by atoms with Gasteiger partial charge in [-0.3, -0.25) is 9.78 Å². The molecule has 3 aromatic rings. The lowest BCUT2D eigenvalue weighted by Gasteiger charge is -2.44. The zero-order chi connectivity index (χ0) is 22.0. The number of hydrazone groups is 1. The largest absolute Gasteiger partial charge is 0.467 e. The summed E-state index contributed by atoms with van der Waals surface area (Å²) in [6.45, 7) is 5.44. The number of furan rings is 1. The Morgan fingerprint density at radius 2 is 2.03 bits per heavy atom. The highest BCUT2D eigenvalue weighted by Crippen LogP contribution is 2.49. The second-order valence-electron chi connectivity index (χ2n) is 8.66. The number of rotatable bonds is 2. The quantitative estimate of drug-likeness (QED) is 0.597. The van der Waals surface area contributed by atoms with E-state index in [1.165, 1.54) is 11.9 Å². The molecular weight excluding hydrogens is 406 g/mol. The van der Waals surface area contributed by atoms with Gasteiger partial charge in [0.25, 0.3) is 0 Å². The average Bonchev–Trinajstić information content (AvgIpc) is 3.43. The number of benzene rings is 1. The minimum absolute atomic E-state index is 0.0874. The smallest absolute Gasteiger partial charge is 0.240 e. The number of aromatic nitrogens is 1. The van der Waals surface area contributed by atoms with Crippen LogP contribution in [0.3, 0.4) is 0 Å². The van der Waals surface area contributed by atoms with Crippen molar-refractivity contribution in [2.75, 3.05) is 0 Å². The molecule has 6 rings (SSSR count). The molecule has 3 aliphatic heterocycles. The van der Waals surface area contributed by atoms with Gasteiger partial charge in [0, 0.05) is 49.1 Å². The number of amides is 1. The highest BCUT2D eigenvalue weighted by atomic mass is 16.7. The Labute approximate surface area is 185 Å². The molecule has 2 bridgehead atoms. The molecule has 32 heavy (non-hydrogen) atoms. The molecule has 1 aromatic carbocycles. The third-order valence-electron chi connectivity index (χ3n) is 6.51. The number of carbonyl (C=O) groups excluding carboxylic acids is 1. The van der Waals surface area contributed by atoms with Gasteiger partial charge in [-0.15, -0.1) is 0 Å². The molecule has 0 aliphatic carbocycles. The van der Waals surface area contributed by atoms with E-state index >= 15 is 0 Å². The van der Waals surface area contributed by atoms with Crippen LogP contribution in [0.2, 0.25) is 0 Å². The number of fused-ring (bicyclic) bond motifs is 6. The highest BCUT2D eigenvalue weighted by Gasteiger charge is 2.46. The fourth-order valence-corrected chi connectivity index (χ4v) is 5.02. The predicted molar refractivity (Wildman–Crippen MR) is 116 cm³/mol. The summed E-state index contributed by atoms with van der Waals surface area (Å²) in [5, 5.41) is 6.16. The Balaban J connectivity index is 1.42. The molecule has 162 valence electrons. The zero-order valence-electron chi connectivity index (χ0n) is 18.2. The average molecular weight is 429 g/mol. The molecule has 7 heteroatoms. The number of para-hydroxylation sites is 1. The van der Waals surface area contributed by atoms with Gasteiger partial charge in [0.2, 0.25) is 11.7 Å². The first-order valence-corrected chi connectivity index (χ1v) is 10.8. The Bertz CT molecular complexity index is 1270. The summed E-state index contributed by atoms with van der Waals surface area (Å²) in [5.41, 5.74) is 5.51. The summed E-state index contributed by atoms with van der Waals surface area (Å²) in [6, 6.07) is 13.5. The summed E-state index contributed by atoms with van der Waals surface area (Å²) in [6.07, 6.45) is 2.77. The standard InChI is InChI=1S/C25H23N3O4/c1-14-17(19-12-21(23-9-6-10-30-23)28(27-19)15(2)29)11-18-20(26-14)13-24-16-7-4-5-8-22(16)31-25(18,3)32-24/h4-11,21,24H,12-13H2,1-3H3. The van der Waals surface area contributed by atoms with E-state index in [-0.39, 0.29) is 18.1 Å². The Kier molecular flexibility index (Phi) is 4.07. The monoisotopic (exact) mass is 429 g/mol. The summed E-state index contributed by atoms with van der Waals surface area (Å²) in [4.78, 5) is 17.2. The van der Waals surface area contributed by atoms with Crippen molar-refractivity contribution in [1.29, 1.82) is 0 Å². The van der Waals surface area contributed by atoms with Gasteiger partial charge in [0.1, 0.15) is 17.6 Å². The normalized spacial score (nSPS) is 25.6. The van der Waals surface area contributed by atoms with Crippen molar-refractivity contribution in [3.05, 3.63) is 82.6 Å². The van der Waals surface area contributed by atoms with Crippen LogP contribution in [-0.2, 0) is 21.7 Å². The van der Waals surface area contributed by atoms with Gasteiger partial charge in [0.15, 0.2) is 0 Å². The molecule has 5 heterocycles. The van der Waals surface area contributed by atoms with Crippen molar-refractivity contribution in [3.63, 3.8) is 0 Å². The molecular formula is C25H23N3O4. The Morgan fingerprint density at radius 1 is 1.19 bits per heavy atom. The summed E-state index contributed by atoms with van der Waals surface area (Å²) < 4.78 is 18.3. The van der Waals surface area contributed by atoms with E-state index in [1.54, 1.807) is 6.26 Å². The van der Waals surface area contributed by atoms with Crippen molar-refractivity contribution in [3.8, 4) is 5.75 Å². The Morgan fingerprint density at radius 3 is 2.81 bits per heavy atom. The summed E-state index contributed by atoms with van der Waals surface area (Å²) in [5.74, 6) is 0.503. The van der Waals surface area contributed by atoms with Gasteiger partial charge in [-0.1, -0.05) is 18.2 Å². The lowest BCUT2D eigenvalue weighted by atomic mass is 9.88. The first-order valence-electron chi connectivity index (χ1n) is 10.8. The second kappa shape index (κ2) is 6.77. The maximum atomic E-state index is 12.3. The molecule has 1 amide bonds. The van der Waals surface area contributed by atoms with Crippen LogP contribution in [0, 0.1) is 6.92 Å². The first-order chi connectivity index (χ1) is 15.4. The van der Waals surface area contributed by atoms with E-state index in [9.17, 15) is 4.79 Å². The lowest BCUT2D eigenvalue weighted by Crippen LogP contribution is -2.43. The van der Waals surface area contributed by atoms with E-state index in [0.29, 0.717) is 18.6 Å². The van der Waals surface area contributed by atoms with Gasteiger partial charge >= 0.3 is 0 Å². The molecule has 0 N–H and O–H groups in total. The number of ether oxygens (including phenoxy) is 2. The number of hydrogen-bond acceptors (Lipinski definition) is 6. The third-order valence-corrected chi connectivity index (χ3v) is 6.51. The van der Waals surface area contributed by atoms with Crippen LogP contribution in [-0.4, -0.2) is 21.6 Å². The van der Waals surface area contributed by atoms with Crippen molar-refractivity contribution >= 4 is 11.6 Å². The maximum Gasteiger partial charge on any atom is 0.240 e. The van der Waals surface area contributed by atoms with Crippen LogP contribution >= 0.6 is 0 Å². The fourth-order valence-electron chi connectivity index (χ4n) is 5.02. The van der Waals surface area contributed by atoms with Crippen LogP contribution < -0.4 is 4.74 Å². The van der Waals surface area contributed by atoms with E-state index in [2.05, 4.69) is 11.2 Å². The number of aryl methyl sites for hydroxylation is 1. The zero-order valence-corrected chi connectivity index (χ0v) is 18.2. The van der Waals surface area contributed by atoms with Crippen LogP contribution in [0.15, 0.2) is 58.2 Å². The van der Waals surface area contributed by atoms with Crippen LogP contribution in [0.4, 0.5) is 0 Å². The van der Waals surface area contributed by atoms with Crippen molar-refractivity contribution in [2.24, 2.45) is 5.10 Å².